The van der Waals surface area contributed by atoms with Crippen molar-refractivity contribution < 1.29 is 9.26 Å². The standard InChI is InChI=1S/C21H26N4O2S/c1-15-5-3-7-18(11-15)26-10-8-20-23-21(27-24-20)17-6-4-9-25(12-17)13-19-16(2)22-14-28-19/h3,5,7,11,14,17H,4,6,8-10,12-13H2,1-2H3. The van der Waals surface area contributed by atoms with Gasteiger partial charge in [0.05, 0.1) is 23.7 Å². The third-order valence-electron chi connectivity index (χ3n) is 5.13. The third kappa shape index (κ3) is 4.77. The minimum absolute atomic E-state index is 0.306. The number of piperidine rings is 1. The Balaban J connectivity index is 1.30. The molecule has 148 valence electrons. The van der Waals surface area contributed by atoms with Crippen LogP contribution >= 0.6 is 11.3 Å². The van der Waals surface area contributed by atoms with E-state index in [0.717, 1.165) is 55.6 Å². The number of nitrogens with zero attached hydrogens (tertiary/aromatic N) is 4. The van der Waals surface area contributed by atoms with Crippen molar-refractivity contribution in [3.63, 3.8) is 0 Å². The minimum atomic E-state index is 0.306. The Bertz CT molecular complexity index is 907. The van der Waals surface area contributed by atoms with Gasteiger partial charge >= 0.3 is 0 Å². The quantitative estimate of drug-likeness (QED) is 0.596. The second kappa shape index (κ2) is 8.84. The van der Waals surface area contributed by atoms with Gasteiger partial charge in [-0.25, -0.2) is 4.98 Å². The van der Waals surface area contributed by atoms with E-state index in [1.54, 1.807) is 11.3 Å². The summed E-state index contributed by atoms with van der Waals surface area (Å²) in [6.45, 7) is 7.71. The van der Waals surface area contributed by atoms with Crippen LogP contribution in [-0.4, -0.2) is 39.7 Å². The fraction of sp³-hybridized carbons (Fsp3) is 0.476. The first-order chi connectivity index (χ1) is 13.7. The summed E-state index contributed by atoms with van der Waals surface area (Å²) in [6.07, 6.45) is 2.89. The molecular formula is C21H26N4O2S. The lowest BCUT2D eigenvalue weighted by Crippen LogP contribution is -2.34. The van der Waals surface area contributed by atoms with Gasteiger partial charge in [0, 0.05) is 24.4 Å². The number of rotatable bonds is 7. The average molecular weight is 399 g/mol. The molecule has 0 radical (unpaired) electrons. The lowest BCUT2D eigenvalue weighted by molar-refractivity contribution is 0.181. The van der Waals surface area contributed by atoms with E-state index < -0.39 is 0 Å². The van der Waals surface area contributed by atoms with Gasteiger partial charge in [-0.05, 0) is 50.9 Å². The highest BCUT2D eigenvalue weighted by Crippen LogP contribution is 2.27. The van der Waals surface area contributed by atoms with Crippen LogP contribution in [0.15, 0.2) is 34.3 Å². The number of thiazole rings is 1. The molecule has 28 heavy (non-hydrogen) atoms. The topological polar surface area (TPSA) is 64.3 Å². The van der Waals surface area contributed by atoms with Crippen LogP contribution in [0.3, 0.4) is 0 Å². The molecule has 1 aliphatic heterocycles. The summed E-state index contributed by atoms with van der Waals surface area (Å²) in [5.41, 5.74) is 4.25. The van der Waals surface area contributed by atoms with E-state index in [1.165, 1.54) is 10.4 Å². The second-order valence-corrected chi connectivity index (χ2v) is 8.34. The maximum absolute atomic E-state index is 5.80. The Labute approximate surface area is 169 Å². The number of aromatic nitrogens is 3. The lowest BCUT2D eigenvalue weighted by Gasteiger charge is -2.30. The van der Waals surface area contributed by atoms with Gasteiger partial charge in [0.1, 0.15) is 5.75 Å². The van der Waals surface area contributed by atoms with E-state index in [9.17, 15) is 0 Å². The summed E-state index contributed by atoms with van der Waals surface area (Å²) in [7, 11) is 0. The molecule has 0 amide bonds. The van der Waals surface area contributed by atoms with Crippen molar-refractivity contribution in [3.05, 3.63) is 57.6 Å². The molecule has 1 atom stereocenters. The van der Waals surface area contributed by atoms with Gasteiger partial charge in [-0.1, -0.05) is 17.3 Å². The molecule has 0 bridgehead atoms. The van der Waals surface area contributed by atoms with Gasteiger partial charge in [0.15, 0.2) is 5.82 Å². The molecule has 1 aliphatic rings. The van der Waals surface area contributed by atoms with E-state index in [1.807, 2.05) is 23.7 Å². The van der Waals surface area contributed by atoms with Crippen molar-refractivity contribution >= 4 is 11.3 Å². The van der Waals surface area contributed by atoms with Crippen LogP contribution < -0.4 is 4.74 Å². The molecular weight excluding hydrogens is 372 g/mol. The van der Waals surface area contributed by atoms with Crippen molar-refractivity contribution in [3.8, 4) is 5.75 Å². The molecule has 0 aliphatic carbocycles. The molecule has 1 fully saturated rings. The monoisotopic (exact) mass is 398 g/mol. The van der Waals surface area contributed by atoms with Crippen LogP contribution in [0.25, 0.3) is 0 Å². The smallest absolute Gasteiger partial charge is 0.231 e. The summed E-state index contributed by atoms with van der Waals surface area (Å²) >= 11 is 1.73. The molecule has 6 nitrogen and oxygen atoms in total. The van der Waals surface area contributed by atoms with E-state index in [4.69, 9.17) is 9.26 Å². The van der Waals surface area contributed by atoms with Gasteiger partial charge in [-0.15, -0.1) is 11.3 Å². The van der Waals surface area contributed by atoms with Crippen LogP contribution in [0.1, 0.15) is 46.6 Å². The zero-order valence-electron chi connectivity index (χ0n) is 16.4. The van der Waals surface area contributed by atoms with Crippen LogP contribution in [0.4, 0.5) is 0 Å². The third-order valence-corrected chi connectivity index (χ3v) is 6.05. The first-order valence-electron chi connectivity index (χ1n) is 9.80. The zero-order chi connectivity index (χ0) is 19.3. The number of benzene rings is 1. The summed E-state index contributed by atoms with van der Waals surface area (Å²) in [5, 5.41) is 4.16. The number of hydrogen-bond donors (Lipinski definition) is 0. The molecule has 1 unspecified atom stereocenters. The van der Waals surface area contributed by atoms with Crippen molar-refractivity contribution in [2.45, 2.75) is 45.6 Å². The van der Waals surface area contributed by atoms with Crippen LogP contribution in [-0.2, 0) is 13.0 Å². The second-order valence-electron chi connectivity index (χ2n) is 7.40. The molecule has 3 aromatic rings. The number of ether oxygens (including phenoxy) is 1. The normalized spacial score (nSPS) is 17.7. The summed E-state index contributed by atoms with van der Waals surface area (Å²) in [5.74, 6) is 2.67. The Morgan fingerprint density at radius 2 is 2.25 bits per heavy atom. The van der Waals surface area contributed by atoms with Crippen LogP contribution in [0.2, 0.25) is 0 Å². The van der Waals surface area contributed by atoms with Crippen LogP contribution in [0.5, 0.6) is 5.75 Å². The molecule has 3 heterocycles. The van der Waals surface area contributed by atoms with Crippen molar-refractivity contribution in [1.82, 2.24) is 20.0 Å². The Kier molecular flexibility index (Phi) is 6.02. The Hall–Kier alpha value is -2.25. The zero-order valence-corrected chi connectivity index (χ0v) is 17.2. The van der Waals surface area contributed by atoms with E-state index in [-0.39, 0.29) is 0 Å². The Morgan fingerprint density at radius 1 is 1.32 bits per heavy atom. The molecule has 0 N–H and O–H groups in total. The van der Waals surface area contributed by atoms with Gasteiger partial charge in [-0.3, -0.25) is 4.90 Å². The van der Waals surface area contributed by atoms with Crippen molar-refractivity contribution in [1.29, 1.82) is 0 Å². The maximum Gasteiger partial charge on any atom is 0.231 e. The minimum Gasteiger partial charge on any atom is -0.493 e. The van der Waals surface area contributed by atoms with Crippen molar-refractivity contribution in [2.75, 3.05) is 19.7 Å². The first-order valence-corrected chi connectivity index (χ1v) is 10.7. The van der Waals surface area contributed by atoms with E-state index >= 15 is 0 Å². The summed E-state index contributed by atoms with van der Waals surface area (Å²) in [6, 6.07) is 8.06. The SMILES string of the molecule is Cc1cccc(OCCc2noc(C3CCCN(Cc4scnc4C)C3)n2)c1. The summed E-state index contributed by atoms with van der Waals surface area (Å²) in [4.78, 5) is 12.8. The average Bonchev–Trinajstić information content (AvgIpc) is 3.32. The first kappa shape index (κ1) is 19.1. The van der Waals surface area contributed by atoms with Gasteiger partial charge in [0.2, 0.25) is 5.89 Å². The van der Waals surface area contributed by atoms with Gasteiger partial charge in [-0.2, -0.15) is 4.98 Å². The predicted molar refractivity (Wildman–Crippen MR) is 109 cm³/mol. The number of likely N-dealkylation sites (tertiary alicyclic amines) is 1. The summed E-state index contributed by atoms with van der Waals surface area (Å²) < 4.78 is 11.4. The van der Waals surface area contributed by atoms with E-state index in [2.05, 4.69) is 39.9 Å². The molecule has 4 rings (SSSR count). The number of aryl methyl sites for hydroxylation is 2. The molecule has 7 heteroatoms. The number of hydrogen-bond acceptors (Lipinski definition) is 7. The molecule has 0 spiro atoms. The van der Waals surface area contributed by atoms with Gasteiger partial charge in [0.25, 0.3) is 0 Å². The highest BCUT2D eigenvalue weighted by atomic mass is 32.1. The highest BCUT2D eigenvalue weighted by molar-refractivity contribution is 7.09. The molecule has 1 saturated heterocycles. The van der Waals surface area contributed by atoms with Gasteiger partial charge < -0.3 is 9.26 Å². The van der Waals surface area contributed by atoms with E-state index in [0.29, 0.717) is 18.9 Å². The predicted octanol–water partition coefficient (Wildman–Crippen LogP) is 4.14. The Morgan fingerprint density at radius 3 is 3.07 bits per heavy atom. The molecule has 2 aromatic heterocycles. The van der Waals surface area contributed by atoms with Crippen LogP contribution in [0, 0.1) is 13.8 Å². The van der Waals surface area contributed by atoms with Crippen molar-refractivity contribution in [2.24, 2.45) is 0 Å². The fourth-order valence-corrected chi connectivity index (χ4v) is 4.40. The highest BCUT2D eigenvalue weighted by Gasteiger charge is 2.26. The molecule has 0 saturated carbocycles. The fourth-order valence-electron chi connectivity index (χ4n) is 3.58. The molecule has 1 aromatic carbocycles. The maximum atomic E-state index is 5.80. The lowest BCUT2D eigenvalue weighted by atomic mass is 9.98. The largest absolute Gasteiger partial charge is 0.493 e.